The van der Waals surface area contributed by atoms with Gasteiger partial charge >= 0.3 is 0 Å². The number of hydrogen-bond donors (Lipinski definition) is 0. The molecule has 0 atom stereocenters. The molecule has 0 spiro atoms. The van der Waals surface area contributed by atoms with E-state index in [2.05, 4.69) is 250 Å². The van der Waals surface area contributed by atoms with Crippen LogP contribution in [0, 0.1) is 0 Å². The Morgan fingerprint density at radius 1 is 0.261 bits per heavy atom. The Morgan fingerprint density at radius 2 is 0.548 bits per heavy atom. The van der Waals surface area contributed by atoms with Crippen LogP contribution >= 0.6 is 0 Å². The van der Waals surface area contributed by atoms with Crippen molar-refractivity contribution in [1.82, 2.24) is 9.13 Å². The van der Waals surface area contributed by atoms with Gasteiger partial charge in [-0.25, -0.2) is 0 Å². The molecule has 0 amide bonds. The van der Waals surface area contributed by atoms with Gasteiger partial charge in [-0.2, -0.15) is 0 Å². The largest absolute Gasteiger partial charge is 0.453 e. The number of hydrogen-bond acceptors (Lipinski definition) is 4. The second-order valence-electron chi connectivity index (χ2n) is 37.9. The highest BCUT2D eigenvalue weighted by Crippen LogP contribution is 2.54. The number of rotatable bonds is 7. The van der Waals surface area contributed by atoms with E-state index >= 15 is 0 Å². The molecule has 20 rings (SSSR count). The third-order valence-corrected chi connectivity index (χ3v) is 24.1. The van der Waals surface area contributed by atoms with E-state index in [4.69, 9.17) is 14.3 Å². The van der Waals surface area contributed by atoms with Crippen molar-refractivity contribution < 1.29 is 30.8 Å². The Hall–Kier alpha value is -12.1. The Kier molecular flexibility index (Phi) is 12.3. The molecule has 2 aliphatic rings. The van der Waals surface area contributed by atoms with Crippen molar-refractivity contribution in [2.24, 2.45) is 0 Å². The number of benzene rings is 14. The number of para-hydroxylation sites is 8. The predicted octanol–water partition coefficient (Wildman–Crippen LogP) is 28.5. The molecular formula is C108H99BN4O2. The highest BCUT2D eigenvalue weighted by atomic mass is 16.3. The Bertz CT molecular complexity index is 7470. The molecule has 0 fully saturated rings. The van der Waals surface area contributed by atoms with Crippen molar-refractivity contribution in [3.63, 3.8) is 0 Å². The van der Waals surface area contributed by atoms with Gasteiger partial charge in [0.05, 0.1) is 55.4 Å². The van der Waals surface area contributed by atoms with Gasteiger partial charge in [0.2, 0.25) is 0 Å². The normalized spacial score (nSPS) is 15.5. The van der Waals surface area contributed by atoms with E-state index in [0.717, 1.165) is 93.8 Å². The number of aromatic nitrogens is 2. The van der Waals surface area contributed by atoms with Crippen LogP contribution in [0.25, 0.3) is 132 Å². The SMILES string of the molecule is [2H]c1c([2H])c([2H])c2c(c1[2H])c1c([2H])c([2H])c([2H])c([2H])c1n2-c1ccc2c(c1)N(c1cccc3c1oc1c(-c4cc(C(C)(C)C)cc(C(C)(C)C)c4)cccc13)c1cc(-c3cc(C(C)(C)C)cc(C(C)(C)C)c3)cc3c1B2c1ccc(-n2c4c([2H])c([2H])c([2H])c([2H])c4c4c([2H])c([2H])c([2H])c([2H])c42)cc1N3c1cccc2c1oc1c(-c3cc(C(C)(C)C)cc(C(C)(C)C)c3)cccc12. The van der Waals surface area contributed by atoms with E-state index < -0.39 is 114 Å². The highest BCUT2D eigenvalue weighted by molar-refractivity contribution is 7.00. The second-order valence-corrected chi connectivity index (χ2v) is 37.9. The zero-order chi connectivity index (χ0) is 93.6. The Labute approximate surface area is 698 Å². The number of furan rings is 2. The Morgan fingerprint density at radius 3 is 0.870 bits per heavy atom. The maximum Gasteiger partial charge on any atom is 0.252 e. The van der Waals surface area contributed by atoms with Crippen LogP contribution in [0.1, 0.15) is 180 Å². The van der Waals surface area contributed by atoms with Crippen molar-refractivity contribution in [3.8, 4) is 44.8 Å². The second kappa shape index (κ2) is 25.2. The van der Waals surface area contributed by atoms with Gasteiger partial charge in [0, 0.05) is 88.3 Å². The van der Waals surface area contributed by atoms with E-state index in [0.29, 0.717) is 67.4 Å². The monoisotopic (exact) mass is 1510 g/mol. The molecular weight excluding hydrogens is 1400 g/mol. The quantitative estimate of drug-likeness (QED) is 0.149. The average Bonchev–Trinajstić information content (AvgIpc) is 1.54. The van der Waals surface area contributed by atoms with Crippen molar-refractivity contribution >= 4 is 145 Å². The lowest BCUT2D eigenvalue weighted by atomic mass is 9.33. The summed E-state index contributed by atoms with van der Waals surface area (Å²) in [6.45, 7) is 39.2. The first-order valence-electron chi connectivity index (χ1n) is 47.9. The number of anilines is 6. The van der Waals surface area contributed by atoms with Crippen LogP contribution in [0.2, 0.25) is 0 Å². The molecule has 0 bridgehead atoms. The molecule has 2 aliphatic heterocycles. The average molecular weight is 1510 g/mol. The van der Waals surface area contributed by atoms with Crippen LogP contribution in [0.15, 0.2) is 281 Å². The molecule has 566 valence electrons. The van der Waals surface area contributed by atoms with Crippen molar-refractivity contribution in [2.75, 3.05) is 9.80 Å². The van der Waals surface area contributed by atoms with Crippen LogP contribution in [0.3, 0.4) is 0 Å². The van der Waals surface area contributed by atoms with Gasteiger partial charge in [0.1, 0.15) is 11.2 Å². The van der Waals surface area contributed by atoms with Gasteiger partial charge in [-0.1, -0.05) is 325 Å². The van der Waals surface area contributed by atoms with E-state index in [9.17, 15) is 16.4 Å². The van der Waals surface area contributed by atoms with Gasteiger partial charge in [-0.3, -0.25) is 0 Å². The first-order chi connectivity index (χ1) is 61.4. The maximum atomic E-state index is 9.93. The fraction of sp³-hybridized carbons (Fsp3) is 0.222. The summed E-state index contributed by atoms with van der Waals surface area (Å²) in [5.41, 5.74) is 18.8. The molecule has 115 heavy (non-hydrogen) atoms. The molecule has 14 aromatic carbocycles. The van der Waals surface area contributed by atoms with E-state index in [-0.39, 0.29) is 76.6 Å². The summed E-state index contributed by atoms with van der Waals surface area (Å²) in [6.07, 6.45) is 0. The topological polar surface area (TPSA) is 42.6 Å². The number of fused-ring (bicyclic) bond motifs is 16. The summed E-state index contributed by atoms with van der Waals surface area (Å²) in [5.74, 6) is 0. The zero-order valence-electron chi connectivity index (χ0n) is 84.4. The van der Waals surface area contributed by atoms with E-state index in [1.54, 1.807) is 9.13 Å². The maximum absolute atomic E-state index is 9.93. The minimum absolute atomic E-state index is 0.0679. The molecule has 6 nitrogen and oxygen atoms in total. The molecule has 0 N–H and O–H groups in total. The van der Waals surface area contributed by atoms with E-state index in [1.165, 1.54) is 0 Å². The molecule has 0 radical (unpaired) electrons. The van der Waals surface area contributed by atoms with Crippen LogP contribution in [0.5, 0.6) is 0 Å². The fourth-order valence-electron chi connectivity index (χ4n) is 17.7. The van der Waals surface area contributed by atoms with Gasteiger partial charge < -0.3 is 27.8 Å². The summed E-state index contributed by atoms with van der Waals surface area (Å²) in [6, 6.07) is 53.0. The Balaban J connectivity index is 0.978. The lowest BCUT2D eigenvalue weighted by Gasteiger charge is -2.44. The van der Waals surface area contributed by atoms with Gasteiger partial charge in [-0.05, 0) is 177 Å². The molecule has 0 aliphatic carbocycles. The minimum Gasteiger partial charge on any atom is -0.453 e. The summed E-state index contributed by atoms with van der Waals surface area (Å²) >= 11 is 0. The minimum atomic E-state index is -0.816. The predicted molar refractivity (Wildman–Crippen MR) is 492 cm³/mol. The smallest absolute Gasteiger partial charge is 0.252 e. The molecule has 18 aromatic rings. The van der Waals surface area contributed by atoms with Crippen LogP contribution < -0.4 is 26.2 Å². The lowest BCUT2D eigenvalue weighted by Crippen LogP contribution is -2.61. The molecule has 0 saturated carbocycles. The molecule has 6 heterocycles. The van der Waals surface area contributed by atoms with Crippen LogP contribution in [0.4, 0.5) is 34.1 Å². The van der Waals surface area contributed by atoms with Crippen LogP contribution in [-0.4, -0.2) is 15.8 Å². The highest BCUT2D eigenvalue weighted by Gasteiger charge is 2.46. The zero-order valence-corrected chi connectivity index (χ0v) is 68.4. The van der Waals surface area contributed by atoms with Crippen molar-refractivity contribution in [3.05, 3.63) is 306 Å². The van der Waals surface area contributed by atoms with Gasteiger partial charge in [-0.15, -0.1) is 0 Å². The molecule has 0 saturated heterocycles. The summed E-state index contributed by atoms with van der Waals surface area (Å²) in [4.78, 5) is 4.44. The molecule has 7 heteroatoms. The summed E-state index contributed by atoms with van der Waals surface area (Å²) in [7, 11) is 0. The fourth-order valence-corrected chi connectivity index (χ4v) is 17.7. The molecule has 4 aromatic heterocycles. The first-order valence-corrected chi connectivity index (χ1v) is 39.9. The number of nitrogens with zero attached hydrogens (tertiary/aromatic N) is 4. The van der Waals surface area contributed by atoms with Crippen molar-refractivity contribution in [2.45, 2.75) is 157 Å². The van der Waals surface area contributed by atoms with Gasteiger partial charge in [0.25, 0.3) is 6.71 Å². The van der Waals surface area contributed by atoms with Crippen LogP contribution in [-0.2, 0) is 32.5 Å². The lowest BCUT2D eigenvalue weighted by molar-refractivity contribution is 0.568. The third kappa shape index (κ3) is 11.5. The summed E-state index contributed by atoms with van der Waals surface area (Å²) in [5, 5.41) is 2.95. The van der Waals surface area contributed by atoms with Gasteiger partial charge in [0.15, 0.2) is 11.2 Å². The van der Waals surface area contributed by atoms with E-state index in [1.807, 2.05) is 60.7 Å². The first kappa shape index (κ1) is 56.2. The molecule has 0 unspecified atom stereocenters. The standard InChI is InChI=1S/C108H99BN4O2/c1-103(2,3)68-51-64(52-69(59-68)104(4,5)6)65-57-96-98-97(58-65)113(93-46-30-40-85-83-38-28-36-77(100(83)115-102(85)93)67-55-72(107(13,14)15)61-73(56-67)108(16,17)18)95-63-75(111-90-43-25-21-33-80(90)81-34-22-26-44-91(81)111)48-50-87(95)109(98)86-49-47-74(110-88-41-23-19-31-78(88)79-32-20-24-42-89(79)110)62-94(86)112(96)92-45-29-39-84-82-37-27-35-76(99(82)114-101(84)92)66-53-70(105(7,8)9)60-71(54-66)106(10,11)12/h19-63H,1-18H3/i19D,20D,21D,22D,23D,24D,25D,26D,31D,32D,33D,34D,41D,42D,43D,44D. The summed E-state index contributed by atoms with van der Waals surface area (Å²) < 4.78 is 171. The third-order valence-electron chi connectivity index (χ3n) is 24.1. The van der Waals surface area contributed by atoms with Crippen molar-refractivity contribution in [1.29, 1.82) is 0 Å².